The van der Waals surface area contributed by atoms with Crippen LogP contribution in [-0.4, -0.2) is 0 Å². The standard InChI is InChI=1S/C45H41N3/c1-43(2,3)30-25-31(44(4,5)6)27-32(26-30)48-36-19-12-16-33-38-24-29(28-14-8-7-9-15-28)21-23-46(38)42-41(39(33)36)45(42)40-34(17-13-20-37(40)48)35-18-10-11-22-47(35)45/h7-27,41-42H,1-6H3/q+2/t41?,42-,45?/m0/s1. The van der Waals surface area contributed by atoms with Gasteiger partial charge in [0, 0.05) is 35.5 Å². The number of pyridine rings is 2. The lowest BCUT2D eigenvalue weighted by molar-refractivity contribution is -0.772. The van der Waals surface area contributed by atoms with E-state index in [0.717, 1.165) is 0 Å². The van der Waals surface area contributed by atoms with Crippen LogP contribution in [0.4, 0.5) is 17.1 Å². The second-order valence-corrected chi connectivity index (χ2v) is 16.3. The Kier molecular flexibility index (Phi) is 5.32. The Bertz CT molecular complexity index is 2310. The van der Waals surface area contributed by atoms with Crippen molar-refractivity contribution in [2.24, 2.45) is 0 Å². The number of anilines is 3. The third-order valence-corrected chi connectivity index (χ3v) is 11.6. The van der Waals surface area contributed by atoms with Crippen molar-refractivity contribution >= 4 is 17.1 Å². The Morgan fingerprint density at radius 3 is 2.00 bits per heavy atom. The van der Waals surface area contributed by atoms with Gasteiger partial charge < -0.3 is 4.90 Å². The fourth-order valence-electron chi connectivity index (χ4n) is 9.26. The van der Waals surface area contributed by atoms with E-state index >= 15 is 0 Å². The van der Waals surface area contributed by atoms with E-state index in [-0.39, 0.29) is 22.4 Å². The molecule has 1 fully saturated rings. The van der Waals surface area contributed by atoms with Crippen molar-refractivity contribution in [2.75, 3.05) is 4.90 Å². The van der Waals surface area contributed by atoms with Gasteiger partial charge in [0.05, 0.1) is 28.1 Å². The number of hydrogen-bond donors (Lipinski definition) is 0. The third kappa shape index (κ3) is 3.49. The molecule has 3 nitrogen and oxygen atoms in total. The average Bonchev–Trinajstić information content (AvgIpc) is 3.71. The van der Waals surface area contributed by atoms with Gasteiger partial charge in [0.1, 0.15) is 5.92 Å². The van der Waals surface area contributed by atoms with Crippen molar-refractivity contribution in [2.45, 2.75) is 69.9 Å². The summed E-state index contributed by atoms with van der Waals surface area (Å²) in [7, 11) is 0. The van der Waals surface area contributed by atoms with Crippen molar-refractivity contribution < 1.29 is 9.13 Å². The van der Waals surface area contributed by atoms with E-state index in [1.54, 1.807) is 0 Å². The molecule has 6 aromatic rings. The van der Waals surface area contributed by atoms with Crippen molar-refractivity contribution in [1.82, 2.24) is 0 Å². The SMILES string of the molecule is CC(C)(C)c1cc(N2c3cccc4c3C3[C@H]([n+]5ccc(-c6ccccc6)cc5-4)C34c3c(cccc32)-c2cccc[n+]24)cc(C(C)(C)C)c1. The maximum atomic E-state index is 2.62. The number of hydrogen-bond acceptors (Lipinski definition) is 1. The van der Waals surface area contributed by atoms with Crippen LogP contribution in [0.25, 0.3) is 33.6 Å². The summed E-state index contributed by atoms with van der Waals surface area (Å²) in [6.07, 6.45) is 4.71. The van der Waals surface area contributed by atoms with Crippen LogP contribution in [0.5, 0.6) is 0 Å². The highest BCUT2D eigenvalue weighted by molar-refractivity contribution is 5.93. The van der Waals surface area contributed by atoms with Gasteiger partial charge in [0.2, 0.25) is 17.4 Å². The number of benzene rings is 4. The van der Waals surface area contributed by atoms with Gasteiger partial charge in [0.25, 0.3) is 5.54 Å². The molecule has 4 aliphatic rings. The van der Waals surface area contributed by atoms with Gasteiger partial charge in [-0.15, -0.1) is 0 Å². The molecule has 0 radical (unpaired) electrons. The lowest BCUT2D eigenvalue weighted by atomic mass is 9.80. The van der Waals surface area contributed by atoms with E-state index in [0.29, 0.717) is 5.92 Å². The molecular formula is C45H41N3+2. The van der Waals surface area contributed by atoms with Crippen molar-refractivity contribution in [3.63, 3.8) is 0 Å². The number of aromatic nitrogens is 2. The van der Waals surface area contributed by atoms with Crippen LogP contribution >= 0.6 is 0 Å². The molecule has 1 aliphatic carbocycles. The van der Waals surface area contributed by atoms with E-state index in [2.05, 4.69) is 183 Å². The van der Waals surface area contributed by atoms with Crippen molar-refractivity contribution in [3.05, 3.63) is 150 Å². The molecule has 0 amide bonds. The highest BCUT2D eigenvalue weighted by Gasteiger charge is 2.87. The van der Waals surface area contributed by atoms with E-state index < -0.39 is 0 Å². The minimum absolute atomic E-state index is 0.0145. The Balaban J connectivity index is 1.33. The maximum Gasteiger partial charge on any atom is 0.271 e. The summed E-state index contributed by atoms with van der Waals surface area (Å²) in [4.78, 5) is 2.62. The largest absolute Gasteiger partial charge is 0.310 e. The van der Waals surface area contributed by atoms with Crippen LogP contribution < -0.4 is 14.0 Å². The summed E-state index contributed by atoms with van der Waals surface area (Å²) in [5.74, 6) is 0.315. The summed E-state index contributed by atoms with van der Waals surface area (Å²) in [5, 5.41) is 0. The highest BCUT2D eigenvalue weighted by atomic mass is 15.3. The molecule has 3 heteroatoms. The van der Waals surface area contributed by atoms with E-state index in [9.17, 15) is 0 Å². The van der Waals surface area contributed by atoms with Crippen LogP contribution in [0, 0.1) is 0 Å². The van der Waals surface area contributed by atoms with E-state index in [1.165, 1.54) is 73.0 Å². The van der Waals surface area contributed by atoms with Gasteiger partial charge in [-0.05, 0) is 75.5 Å². The molecule has 10 rings (SSSR count). The predicted octanol–water partition coefficient (Wildman–Crippen LogP) is 10.0. The van der Waals surface area contributed by atoms with Gasteiger partial charge in [-0.2, -0.15) is 9.13 Å². The first-order valence-electron chi connectivity index (χ1n) is 17.4. The summed E-state index contributed by atoms with van der Waals surface area (Å²) < 4.78 is 5.23. The van der Waals surface area contributed by atoms with Crippen molar-refractivity contribution in [3.8, 4) is 33.6 Å². The number of fused-ring (bicyclic) bond motifs is 5. The van der Waals surface area contributed by atoms with Crippen LogP contribution in [-0.2, 0) is 16.4 Å². The Morgan fingerprint density at radius 2 is 1.27 bits per heavy atom. The fraction of sp³-hybridized carbons (Fsp3) is 0.244. The summed E-state index contributed by atoms with van der Waals surface area (Å²) >= 11 is 0. The zero-order valence-corrected chi connectivity index (χ0v) is 28.6. The minimum atomic E-state index is -0.208. The molecule has 1 spiro atoms. The molecular weight excluding hydrogens is 583 g/mol. The molecule has 2 aromatic heterocycles. The molecule has 0 N–H and O–H groups in total. The van der Waals surface area contributed by atoms with Gasteiger partial charge in [-0.3, -0.25) is 0 Å². The molecule has 234 valence electrons. The summed E-state index contributed by atoms with van der Waals surface area (Å²) in [6, 6.07) is 44.0. The second-order valence-electron chi connectivity index (χ2n) is 16.3. The second kappa shape index (κ2) is 9.11. The zero-order valence-electron chi connectivity index (χ0n) is 28.6. The molecule has 2 unspecified atom stereocenters. The molecule has 3 atom stereocenters. The molecule has 3 aliphatic heterocycles. The summed E-state index contributed by atoms with van der Waals surface area (Å²) in [6.45, 7) is 14.0. The van der Waals surface area contributed by atoms with E-state index in [1.807, 2.05) is 0 Å². The first kappa shape index (κ1) is 28.0. The molecule has 0 bridgehead atoms. The normalized spacial score (nSPS) is 20.8. The lowest BCUT2D eigenvalue weighted by Gasteiger charge is -2.33. The van der Waals surface area contributed by atoms with Crippen LogP contribution in [0.3, 0.4) is 0 Å². The average molecular weight is 624 g/mol. The van der Waals surface area contributed by atoms with Gasteiger partial charge in [0.15, 0.2) is 12.4 Å². The molecule has 5 heterocycles. The first-order chi connectivity index (χ1) is 23.1. The molecule has 0 saturated heterocycles. The third-order valence-electron chi connectivity index (χ3n) is 11.6. The Hall–Kier alpha value is -5.02. The first-order valence-corrected chi connectivity index (χ1v) is 17.4. The fourth-order valence-corrected chi connectivity index (χ4v) is 9.26. The van der Waals surface area contributed by atoms with Gasteiger partial charge >= 0.3 is 0 Å². The lowest BCUT2D eigenvalue weighted by Crippen LogP contribution is -2.51. The molecule has 4 aromatic carbocycles. The maximum absolute atomic E-state index is 2.62. The topological polar surface area (TPSA) is 11.0 Å². The monoisotopic (exact) mass is 623 g/mol. The van der Waals surface area contributed by atoms with Gasteiger partial charge in [-0.1, -0.05) is 90.1 Å². The Morgan fingerprint density at radius 1 is 0.583 bits per heavy atom. The quantitative estimate of drug-likeness (QED) is 0.175. The smallest absolute Gasteiger partial charge is 0.271 e. The van der Waals surface area contributed by atoms with Crippen LogP contribution in [0.2, 0.25) is 0 Å². The molecule has 1 saturated carbocycles. The van der Waals surface area contributed by atoms with Crippen LogP contribution in [0.15, 0.2) is 128 Å². The predicted molar refractivity (Wildman–Crippen MR) is 194 cm³/mol. The van der Waals surface area contributed by atoms with Crippen molar-refractivity contribution in [1.29, 1.82) is 0 Å². The van der Waals surface area contributed by atoms with E-state index in [4.69, 9.17) is 0 Å². The zero-order chi connectivity index (χ0) is 32.7. The van der Waals surface area contributed by atoms with Gasteiger partial charge in [-0.25, -0.2) is 0 Å². The highest BCUT2D eigenvalue weighted by Crippen LogP contribution is 2.75. The molecule has 48 heavy (non-hydrogen) atoms. The minimum Gasteiger partial charge on any atom is -0.310 e. The Labute approximate surface area is 283 Å². The summed E-state index contributed by atoms with van der Waals surface area (Å²) in [5.41, 5.74) is 17.2. The number of rotatable bonds is 2. The number of nitrogens with zero attached hydrogens (tertiary/aromatic N) is 3. The van der Waals surface area contributed by atoms with Crippen LogP contribution in [0.1, 0.15) is 75.8 Å².